The maximum Gasteiger partial charge on any atom is 0.185 e. The molecular weight excluding hydrogens is 322 g/mol. The van der Waals surface area contributed by atoms with Crippen LogP contribution >= 0.6 is 0 Å². The summed E-state index contributed by atoms with van der Waals surface area (Å²) in [6, 6.07) is 6.84. The molecule has 4 nitrogen and oxygen atoms in total. The van der Waals surface area contributed by atoms with Crippen molar-refractivity contribution in [3.05, 3.63) is 60.2 Å². The van der Waals surface area contributed by atoms with Crippen LogP contribution in [-0.2, 0) is 0 Å². The lowest BCUT2D eigenvalue weighted by Crippen LogP contribution is -2.25. The maximum atomic E-state index is 14.0. The van der Waals surface area contributed by atoms with Crippen LogP contribution in [0.25, 0.3) is 10.9 Å². The van der Waals surface area contributed by atoms with E-state index < -0.39 is 11.6 Å². The Morgan fingerprint density at radius 3 is 2.64 bits per heavy atom. The van der Waals surface area contributed by atoms with Crippen molar-refractivity contribution in [3.8, 4) is 0 Å². The van der Waals surface area contributed by atoms with Gasteiger partial charge in [0.2, 0.25) is 0 Å². The Hall–Kier alpha value is -2.63. The van der Waals surface area contributed by atoms with E-state index in [2.05, 4.69) is 32.0 Å². The second-order valence-corrected chi connectivity index (χ2v) is 6.35. The summed E-state index contributed by atoms with van der Waals surface area (Å²) in [5, 5.41) is 0.559. The van der Waals surface area contributed by atoms with Crippen LogP contribution in [0.3, 0.4) is 0 Å². The Labute approximate surface area is 144 Å². The lowest BCUT2D eigenvalue weighted by Gasteiger charge is -2.23. The van der Waals surface area contributed by atoms with Crippen LogP contribution in [0.4, 0.5) is 14.6 Å². The number of aromatic nitrogens is 3. The summed E-state index contributed by atoms with van der Waals surface area (Å²) in [6.07, 6.45) is 8.06. The standard InChI is InChI=1S/C19H18F2N4/c20-16-4-3-15-18(17(16)21)23-12-24-19(15)25-10-1-2-13(7-11-25)14-5-8-22-9-6-14/h3-6,8-9,12-13H,1-2,7,10-11H2. The third kappa shape index (κ3) is 3.04. The Morgan fingerprint density at radius 1 is 0.960 bits per heavy atom. The van der Waals surface area contributed by atoms with Crippen LogP contribution in [0, 0.1) is 11.6 Å². The van der Waals surface area contributed by atoms with Gasteiger partial charge in [-0.25, -0.2) is 18.7 Å². The van der Waals surface area contributed by atoms with Crippen molar-refractivity contribution in [1.29, 1.82) is 0 Å². The highest BCUT2D eigenvalue weighted by Gasteiger charge is 2.22. The van der Waals surface area contributed by atoms with Crippen LogP contribution < -0.4 is 4.90 Å². The van der Waals surface area contributed by atoms with Crippen molar-refractivity contribution in [2.24, 2.45) is 0 Å². The number of hydrogen-bond donors (Lipinski definition) is 0. The zero-order chi connectivity index (χ0) is 17.2. The first kappa shape index (κ1) is 15.9. The van der Waals surface area contributed by atoms with Crippen LogP contribution in [0.15, 0.2) is 43.0 Å². The van der Waals surface area contributed by atoms with Gasteiger partial charge in [0.15, 0.2) is 11.6 Å². The zero-order valence-corrected chi connectivity index (χ0v) is 13.7. The molecule has 0 radical (unpaired) electrons. The highest BCUT2D eigenvalue weighted by atomic mass is 19.2. The summed E-state index contributed by atoms with van der Waals surface area (Å²) in [6.45, 7) is 1.66. The lowest BCUT2D eigenvalue weighted by atomic mass is 9.93. The second-order valence-electron chi connectivity index (χ2n) is 6.35. The average Bonchev–Trinajstić information content (AvgIpc) is 2.91. The van der Waals surface area contributed by atoms with Crippen molar-refractivity contribution < 1.29 is 8.78 Å². The summed E-state index contributed by atoms with van der Waals surface area (Å²) in [7, 11) is 0. The first-order valence-electron chi connectivity index (χ1n) is 8.47. The van der Waals surface area contributed by atoms with E-state index in [1.807, 2.05) is 12.4 Å². The molecule has 0 N–H and O–H groups in total. The number of rotatable bonds is 2. The number of anilines is 1. The first-order chi connectivity index (χ1) is 12.2. The molecular formula is C19H18F2N4. The summed E-state index contributed by atoms with van der Waals surface area (Å²) >= 11 is 0. The van der Waals surface area contributed by atoms with Crippen molar-refractivity contribution in [2.45, 2.75) is 25.2 Å². The maximum absolute atomic E-state index is 14.0. The van der Waals surface area contributed by atoms with Crippen molar-refractivity contribution >= 4 is 16.7 Å². The number of benzene rings is 1. The molecule has 1 unspecified atom stereocenters. The number of nitrogens with zero attached hydrogens (tertiary/aromatic N) is 4. The Bertz CT molecular complexity index is 885. The van der Waals surface area contributed by atoms with Gasteiger partial charge in [0, 0.05) is 30.9 Å². The predicted octanol–water partition coefficient (Wildman–Crippen LogP) is 4.08. The van der Waals surface area contributed by atoms with E-state index in [4.69, 9.17) is 0 Å². The minimum absolute atomic E-state index is 0.0416. The monoisotopic (exact) mass is 340 g/mol. The van der Waals surface area contributed by atoms with Crippen molar-refractivity contribution in [1.82, 2.24) is 15.0 Å². The summed E-state index contributed by atoms with van der Waals surface area (Å²) in [5.41, 5.74) is 1.34. The molecule has 6 heteroatoms. The molecule has 1 aromatic carbocycles. The van der Waals surface area contributed by atoms with Crippen molar-refractivity contribution in [2.75, 3.05) is 18.0 Å². The first-order valence-corrected chi connectivity index (χ1v) is 8.47. The quantitative estimate of drug-likeness (QED) is 0.705. The molecule has 0 bridgehead atoms. The molecule has 128 valence electrons. The zero-order valence-electron chi connectivity index (χ0n) is 13.7. The van der Waals surface area contributed by atoms with Gasteiger partial charge >= 0.3 is 0 Å². The number of halogens is 2. The minimum Gasteiger partial charge on any atom is -0.356 e. The van der Waals surface area contributed by atoms with Gasteiger partial charge < -0.3 is 4.90 Å². The Morgan fingerprint density at radius 2 is 1.80 bits per heavy atom. The number of pyridine rings is 1. The van der Waals surface area contributed by atoms with Gasteiger partial charge in [-0.3, -0.25) is 4.98 Å². The van der Waals surface area contributed by atoms with E-state index in [9.17, 15) is 8.78 Å². The molecule has 1 atom stereocenters. The number of fused-ring (bicyclic) bond motifs is 1. The Balaban J connectivity index is 1.63. The molecule has 0 amide bonds. The van der Waals surface area contributed by atoms with Crippen LogP contribution in [0.2, 0.25) is 0 Å². The molecule has 2 aromatic heterocycles. The molecule has 1 fully saturated rings. The lowest BCUT2D eigenvalue weighted by molar-refractivity contribution is 0.515. The van der Waals surface area contributed by atoms with Gasteiger partial charge in [-0.05, 0) is 55.0 Å². The van der Waals surface area contributed by atoms with E-state index in [1.54, 1.807) is 6.07 Å². The molecule has 25 heavy (non-hydrogen) atoms. The Kier molecular flexibility index (Phi) is 4.26. The van der Waals surface area contributed by atoms with Gasteiger partial charge in [-0.2, -0.15) is 0 Å². The van der Waals surface area contributed by atoms with Crippen LogP contribution in [-0.4, -0.2) is 28.0 Å². The van der Waals surface area contributed by atoms with E-state index in [0.717, 1.165) is 38.4 Å². The van der Waals surface area contributed by atoms with E-state index >= 15 is 0 Å². The van der Waals surface area contributed by atoms with Gasteiger partial charge in [-0.15, -0.1) is 0 Å². The van der Waals surface area contributed by atoms with Gasteiger partial charge in [0.25, 0.3) is 0 Å². The summed E-state index contributed by atoms with van der Waals surface area (Å²) in [5.74, 6) is -0.633. The summed E-state index contributed by atoms with van der Waals surface area (Å²) in [4.78, 5) is 14.5. The summed E-state index contributed by atoms with van der Waals surface area (Å²) < 4.78 is 27.5. The third-order valence-electron chi connectivity index (χ3n) is 4.88. The molecule has 0 saturated carbocycles. The fraction of sp³-hybridized carbons (Fsp3) is 0.316. The molecule has 1 aliphatic rings. The molecule has 1 saturated heterocycles. The predicted molar refractivity (Wildman–Crippen MR) is 92.5 cm³/mol. The number of hydrogen-bond acceptors (Lipinski definition) is 4. The second kappa shape index (κ2) is 6.70. The van der Waals surface area contributed by atoms with Gasteiger partial charge in [0.1, 0.15) is 17.7 Å². The minimum atomic E-state index is -0.911. The van der Waals surface area contributed by atoms with Crippen LogP contribution in [0.1, 0.15) is 30.7 Å². The largest absolute Gasteiger partial charge is 0.356 e. The van der Waals surface area contributed by atoms with Gasteiger partial charge in [0.05, 0.1) is 0 Å². The van der Waals surface area contributed by atoms with Gasteiger partial charge in [-0.1, -0.05) is 0 Å². The molecule has 3 heterocycles. The van der Waals surface area contributed by atoms with E-state index in [-0.39, 0.29) is 5.52 Å². The van der Waals surface area contributed by atoms with E-state index in [1.165, 1.54) is 11.9 Å². The molecule has 1 aliphatic heterocycles. The fourth-order valence-corrected chi connectivity index (χ4v) is 3.59. The van der Waals surface area contributed by atoms with Crippen molar-refractivity contribution in [3.63, 3.8) is 0 Å². The SMILES string of the molecule is Fc1ccc2c(N3CCCC(c4ccncc4)CC3)ncnc2c1F. The highest BCUT2D eigenvalue weighted by Crippen LogP contribution is 2.32. The third-order valence-corrected chi connectivity index (χ3v) is 4.88. The molecule has 3 aromatic rings. The molecule has 0 aliphatic carbocycles. The average molecular weight is 340 g/mol. The van der Waals surface area contributed by atoms with E-state index in [0.29, 0.717) is 17.1 Å². The topological polar surface area (TPSA) is 41.9 Å². The smallest absolute Gasteiger partial charge is 0.185 e. The molecule has 0 spiro atoms. The molecule has 4 rings (SSSR count). The van der Waals surface area contributed by atoms with Crippen LogP contribution in [0.5, 0.6) is 0 Å². The highest BCUT2D eigenvalue weighted by molar-refractivity contribution is 5.89. The normalized spacial score (nSPS) is 18.3. The fourth-order valence-electron chi connectivity index (χ4n) is 3.59.